The fraction of sp³-hybridized carbons (Fsp3) is 0.625. The van der Waals surface area contributed by atoms with Gasteiger partial charge in [-0.3, -0.25) is 4.90 Å². The molecule has 0 aliphatic heterocycles. The number of aliphatic hydroxyl groups excluding tert-OH is 1. The third-order valence-corrected chi connectivity index (χ3v) is 4.10. The molecule has 0 fully saturated rings. The number of nitrogens with zero attached hydrogens (tertiary/aromatic N) is 1. The minimum Gasteiger partial charge on any atom is -0.394 e. The Labute approximate surface area is 121 Å². The predicted octanol–water partition coefficient (Wildman–Crippen LogP) is 2.43. The quantitative estimate of drug-likeness (QED) is 0.806. The van der Waals surface area contributed by atoms with E-state index in [1.165, 1.54) is 6.07 Å². The van der Waals surface area contributed by atoms with Crippen LogP contribution in [-0.2, 0) is 0 Å². The van der Waals surface area contributed by atoms with Gasteiger partial charge in [0, 0.05) is 23.7 Å². The maximum Gasteiger partial charge on any atom is 0.127 e. The summed E-state index contributed by atoms with van der Waals surface area (Å²) >= 11 is 0. The second-order valence-electron chi connectivity index (χ2n) is 6.12. The lowest BCUT2D eigenvalue weighted by molar-refractivity contribution is 0.0633. The second kappa shape index (κ2) is 7.16. The minimum atomic E-state index is -0.276. The molecule has 1 rings (SSSR count). The van der Waals surface area contributed by atoms with E-state index >= 15 is 0 Å². The normalized spacial score (nSPS) is 15.4. The van der Waals surface area contributed by atoms with Crippen molar-refractivity contribution in [2.75, 3.05) is 27.2 Å². The number of rotatable bonds is 7. The first kappa shape index (κ1) is 17.1. The molecule has 0 amide bonds. The molecule has 0 aromatic heterocycles. The fourth-order valence-electron chi connectivity index (χ4n) is 2.38. The summed E-state index contributed by atoms with van der Waals surface area (Å²) in [6.45, 7) is 6.96. The van der Waals surface area contributed by atoms with Gasteiger partial charge in [0.15, 0.2) is 0 Å². The van der Waals surface area contributed by atoms with Gasteiger partial charge in [-0.1, -0.05) is 25.1 Å². The molecule has 1 aromatic carbocycles. The standard InChI is InChI=1S/C16H27FN2O/c1-12(10-19(5)16(2,3)11-20)15(18-4)13-8-6-7-9-14(13)17/h6-9,12,15,18,20H,10-11H2,1-5H3. The maximum absolute atomic E-state index is 13.9. The van der Waals surface area contributed by atoms with Crippen LogP contribution in [-0.4, -0.2) is 42.8 Å². The molecule has 20 heavy (non-hydrogen) atoms. The molecular weight excluding hydrogens is 255 g/mol. The monoisotopic (exact) mass is 282 g/mol. The zero-order valence-corrected chi connectivity index (χ0v) is 13.2. The van der Waals surface area contributed by atoms with E-state index in [2.05, 4.69) is 17.1 Å². The highest BCUT2D eigenvalue weighted by atomic mass is 19.1. The van der Waals surface area contributed by atoms with Gasteiger partial charge in [0.25, 0.3) is 0 Å². The van der Waals surface area contributed by atoms with Crippen molar-refractivity contribution in [3.8, 4) is 0 Å². The Morgan fingerprint density at radius 2 is 1.95 bits per heavy atom. The average molecular weight is 282 g/mol. The summed E-state index contributed by atoms with van der Waals surface area (Å²) in [5, 5.41) is 12.6. The highest BCUT2D eigenvalue weighted by Crippen LogP contribution is 2.26. The van der Waals surface area contributed by atoms with E-state index < -0.39 is 0 Å². The molecule has 0 aliphatic carbocycles. The molecule has 114 valence electrons. The van der Waals surface area contributed by atoms with Crippen LogP contribution in [0.1, 0.15) is 32.4 Å². The van der Waals surface area contributed by atoms with Crippen LogP contribution in [0.3, 0.4) is 0 Å². The van der Waals surface area contributed by atoms with Crippen LogP contribution in [0.15, 0.2) is 24.3 Å². The van der Waals surface area contributed by atoms with Gasteiger partial charge in [-0.15, -0.1) is 0 Å². The maximum atomic E-state index is 13.9. The van der Waals surface area contributed by atoms with Crippen LogP contribution in [0.4, 0.5) is 4.39 Å². The Balaban J connectivity index is 2.83. The third-order valence-electron chi connectivity index (χ3n) is 4.10. The SMILES string of the molecule is CNC(c1ccccc1F)C(C)CN(C)C(C)(C)CO. The third kappa shape index (κ3) is 4.01. The lowest BCUT2D eigenvalue weighted by atomic mass is 9.92. The first-order chi connectivity index (χ1) is 9.33. The van der Waals surface area contributed by atoms with Gasteiger partial charge >= 0.3 is 0 Å². The van der Waals surface area contributed by atoms with Gasteiger partial charge in [-0.05, 0) is 39.9 Å². The van der Waals surface area contributed by atoms with E-state index in [1.54, 1.807) is 6.07 Å². The molecule has 2 atom stereocenters. The number of nitrogens with one attached hydrogen (secondary N) is 1. The van der Waals surface area contributed by atoms with Crippen LogP contribution in [0.25, 0.3) is 0 Å². The first-order valence-corrected chi connectivity index (χ1v) is 7.07. The van der Waals surface area contributed by atoms with E-state index in [0.29, 0.717) is 5.56 Å². The van der Waals surface area contributed by atoms with Crippen molar-refractivity contribution in [1.29, 1.82) is 0 Å². The van der Waals surface area contributed by atoms with Gasteiger partial charge in [0.2, 0.25) is 0 Å². The molecule has 0 saturated carbocycles. The van der Waals surface area contributed by atoms with E-state index in [1.807, 2.05) is 40.1 Å². The van der Waals surface area contributed by atoms with Crippen molar-refractivity contribution < 1.29 is 9.50 Å². The number of hydrogen-bond donors (Lipinski definition) is 2. The molecule has 1 aromatic rings. The zero-order valence-electron chi connectivity index (χ0n) is 13.2. The first-order valence-electron chi connectivity index (χ1n) is 7.07. The largest absolute Gasteiger partial charge is 0.394 e. The highest BCUT2D eigenvalue weighted by Gasteiger charge is 2.27. The Hall–Kier alpha value is -0.970. The van der Waals surface area contributed by atoms with E-state index in [0.717, 1.165) is 6.54 Å². The Morgan fingerprint density at radius 1 is 1.35 bits per heavy atom. The molecular formula is C16H27FN2O. The van der Waals surface area contributed by atoms with Crippen molar-refractivity contribution in [2.45, 2.75) is 32.4 Å². The van der Waals surface area contributed by atoms with E-state index in [9.17, 15) is 9.50 Å². The van der Waals surface area contributed by atoms with Crippen molar-refractivity contribution in [2.24, 2.45) is 5.92 Å². The fourth-order valence-corrected chi connectivity index (χ4v) is 2.38. The second-order valence-corrected chi connectivity index (χ2v) is 6.12. The summed E-state index contributed by atoms with van der Waals surface area (Å²) in [7, 11) is 3.84. The molecule has 3 nitrogen and oxygen atoms in total. The molecule has 0 bridgehead atoms. The van der Waals surface area contributed by atoms with Crippen LogP contribution in [0, 0.1) is 11.7 Å². The Bertz CT molecular complexity index is 423. The Morgan fingerprint density at radius 3 is 2.45 bits per heavy atom. The lowest BCUT2D eigenvalue weighted by Gasteiger charge is -2.37. The minimum absolute atomic E-state index is 0.0480. The van der Waals surface area contributed by atoms with Crippen LogP contribution in [0.2, 0.25) is 0 Å². The number of halogens is 1. The molecule has 0 saturated heterocycles. The van der Waals surface area contributed by atoms with Gasteiger partial charge in [0.05, 0.1) is 6.61 Å². The average Bonchev–Trinajstić information content (AvgIpc) is 2.41. The molecule has 0 radical (unpaired) electrons. The summed E-state index contributed by atoms with van der Waals surface area (Å²) < 4.78 is 13.9. The van der Waals surface area contributed by atoms with Gasteiger partial charge in [-0.25, -0.2) is 4.39 Å². The number of aliphatic hydroxyl groups is 1. The molecule has 0 heterocycles. The van der Waals surface area contributed by atoms with E-state index in [4.69, 9.17) is 0 Å². The zero-order chi connectivity index (χ0) is 15.3. The molecule has 2 unspecified atom stereocenters. The van der Waals surface area contributed by atoms with Crippen LogP contribution < -0.4 is 5.32 Å². The van der Waals surface area contributed by atoms with Crippen molar-refractivity contribution in [1.82, 2.24) is 10.2 Å². The van der Waals surface area contributed by atoms with Gasteiger partial charge in [-0.2, -0.15) is 0 Å². The molecule has 2 N–H and O–H groups in total. The molecule has 0 aliphatic rings. The van der Waals surface area contributed by atoms with Gasteiger partial charge in [0.1, 0.15) is 5.82 Å². The summed E-state index contributed by atoms with van der Waals surface area (Å²) in [6, 6.07) is 6.83. The Kier molecular flexibility index (Phi) is 6.11. The summed E-state index contributed by atoms with van der Waals surface area (Å²) in [5.41, 5.74) is 0.416. The highest BCUT2D eigenvalue weighted by molar-refractivity contribution is 5.21. The smallest absolute Gasteiger partial charge is 0.127 e. The van der Waals surface area contributed by atoms with Crippen molar-refractivity contribution in [3.05, 3.63) is 35.6 Å². The molecule has 4 heteroatoms. The van der Waals surface area contributed by atoms with E-state index in [-0.39, 0.29) is 29.9 Å². The van der Waals surface area contributed by atoms with Crippen LogP contribution in [0.5, 0.6) is 0 Å². The van der Waals surface area contributed by atoms with Crippen molar-refractivity contribution >= 4 is 0 Å². The number of likely N-dealkylation sites (N-methyl/N-ethyl adjacent to an activating group) is 1. The topological polar surface area (TPSA) is 35.5 Å². The summed E-state index contributed by atoms with van der Waals surface area (Å²) in [5.74, 6) is 0.0375. The van der Waals surface area contributed by atoms with Gasteiger partial charge < -0.3 is 10.4 Å². The number of hydrogen-bond acceptors (Lipinski definition) is 3. The molecule has 0 spiro atoms. The number of benzene rings is 1. The van der Waals surface area contributed by atoms with Crippen molar-refractivity contribution in [3.63, 3.8) is 0 Å². The summed E-state index contributed by atoms with van der Waals surface area (Å²) in [4.78, 5) is 2.11. The summed E-state index contributed by atoms with van der Waals surface area (Å²) in [6.07, 6.45) is 0. The predicted molar refractivity (Wildman–Crippen MR) is 81.2 cm³/mol. The lowest BCUT2D eigenvalue weighted by Crippen LogP contribution is -2.47. The van der Waals surface area contributed by atoms with Crippen LogP contribution >= 0.6 is 0 Å².